The molecule has 0 radical (unpaired) electrons. The van der Waals surface area contributed by atoms with Crippen LogP contribution in [-0.4, -0.2) is 89.9 Å². The molecule has 1 spiro atoms. The number of urea groups is 2. The number of nitrogens with one attached hydrogen (secondary N) is 2. The number of benzene rings is 4. The molecule has 2 saturated heterocycles. The van der Waals surface area contributed by atoms with Crippen LogP contribution in [0, 0.1) is 23.7 Å². The number of hydrogen-bond acceptors (Lipinski definition) is 11. The van der Waals surface area contributed by atoms with Crippen molar-refractivity contribution >= 4 is 41.6 Å². The lowest BCUT2D eigenvalue weighted by Crippen LogP contribution is -2.56. The van der Waals surface area contributed by atoms with E-state index in [0.717, 1.165) is 12.0 Å². The van der Waals surface area contributed by atoms with Crippen LogP contribution in [0.2, 0.25) is 0 Å². The summed E-state index contributed by atoms with van der Waals surface area (Å²) in [6.07, 6.45) is -1.01. The molecule has 320 valence electrons. The van der Waals surface area contributed by atoms with Gasteiger partial charge in [-0.3, -0.25) is 19.3 Å². The molecule has 7 atom stereocenters. The molecular weight excluding hydrogens is 799 g/mol. The lowest BCUT2D eigenvalue weighted by atomic mass is 9.65. The number of cyclic esters (lactones) is 1. The summed E-state index contributed by atoms with van der Waals surface area (Å²) in [5.41, 5.74) is 4.83. The highest BCUT2D eigenvalue weighted by Crippen LogP contribution is 2.66. The Bertz CT molecular complexity index is 2450. The van der Waals surface area contributed by atoms with Gasteiger partial charge in [-0.15, -0.1) is 0 Å². The fourth-order valence-electron chi connectivity index (χ4n) is 9.00. The zero-order valence-electron chi connectivity index (χ0n) is 34.0. The molecule has 6 N–H and O–H groups in total. The fraction of sp³-hybridized carbons (Fsp3) is 0.304. The third-order valence-corrected chi connectivity index (χ3v) is 11.4. The second-order valence-electron chi connectivity index (χ2n) is 15.3. The molecule has 4 aromatic rings. The minimum atomic E-state index is -2.29. The summed E-state index contributed by atoms with van der Waals surface area (Å²) in [6, 6.07) is 22.1. The topological polar surface area (TPSA) is 227 Å². The summed E-state index contributed by atoms with van der Waals surface area (Å²) in [7, 11) is 1.16. The summed E-state index contributed by atoms with van der Waals surface area (Å²) in [4.78, 5) is 86.6. The van der Waals surface area contributed by atoms with E-state index in [-0.39, 0.29) is 42.3 Å². The molecule has 2 fully saturated rings. The zero-order chi connectivity index (χ0) is 44.3. The average Bonchev–Trinajstić information content (AvgIpc) is 3.73. The second-order valence-corrected chi connectivity index (χ2v) is 15.3. The van der Waals surface area contributed by atoms with Crippen LogP contribution in [0.15, 0.2) is 103 Å². The molecule has 0 aromatic heterocycles. The van der Waals surface area contributed by atoms with Gasteiger partial charge >= 0.3 is 30.0 Å². The highest BCUT2D eigenvalue weighted by Gasteiger charge is 2.76. The molecule has 16 heteroatoms. The van der Waals surface area contributed by atoms with Gasteiger partial charge in [0.15, 0.2) is 0 Å². The van der Waals surface area contributed by atoms with Crippen LogP contribution in [0.4, 0.5) is 15.3 Å². The lowest BCUT2D eigenvalue weighted by molar-refractivity contribution is -0.179. The number of aliphatic hydroxyl groups excluding tert-OH is 1. The Morgan fingerprint density at radius 2 is 1.58 bits per heavy atom. The number of hydrogen-bond donors (Lipinski definition) is 5. The van der Waals surface area contributed by atoms with Crippen LogP contribution in [0.5, 0.6) is 5.75 Å². The van der Waals surface area contributed by atoms with Crippen LogP contribution >= 0.6 is 0 Å². The van der Waals surface area contributed by atoms with Gasteiger partial charge in [-0.1, -0.05) is 98.5 Å². The maximum Gasteiger partial charge on any atom is 0.329 e. The van der Waals surface area contributed by atoms with E-state index in [2.05, 4.69) is 22.5 Å². The van der Waals surface area contributed by atoms with Gasteiger partial charge in [-0.05, 0) is 58.5 Å². The summed E-state index contributed by atoms with van der Waals surface area (Å²) >= 11 is 0. The Hall–Kier alpha value is -7.22. The number of imide groups is 1. The van der Waals surface area contributed by atoms with Crippen molar-refractivity contribution in [2.75, 3.05) is 31.8 Å². The fourth-order valence-corrected chi connectivity index (χ4v) is 9.00. The number of aliphatic hydroxyl groups is 1. The molecule has 0 aliphatic carbocycles. The van der Waals surface area contributed by atoms with Crippen LogP contribution in [0.25, 0.3) is 0 Å². The normalized spacial score (nSPS) is 23.0. The second kappa shape index (κ2) is 17.8. The third kappa shape index (κ3) is 7.56. The number of anilines is 1. The number of aliphatic carboxylic acids is 1. The SMILES string of the molecule is COC(=O)[C@@H](NC(=O)N1C(=O)[C@@]2(c3cc(C#CCNC(N)=O)ccc31)[C@H](c1cccc(OCCO)c1)N1[C@H](c3ccccc3)[C@H](c3ccccc3)OC(=O)[C@H]1[C@@H]2C(=O)O)C(C)C. The van der Waals surface area contributed by atoms with Crippen molar-refractivity contribution in [1.29, 1.82) is 0 Å². The largest absolute Gasteiger partial charge is 0.491 e. The molecule has 0 unspecified atom stereocenters. The van der Waals surface area contributed by atoms with E-state index in [9.17, 15) is 34.2 Å². The third-order valence-electron chi connectivity index (χ3n) is 11.4. The maximum absolute atomic E-state index is 16.0. The average molecular weight is 844 g/mol. The minimum Gasteiger partial charge on any atom is -0.491 e. The van der Waals surface area contributed by atoms with E-state index in [1.54, 1.807) is 79.4 Å². The molecule has 0 saturated carbocycles. The monoisotopic (exact) mass is 843 g/mol. The number of methoxy groups -OCH3 is 1. The first kappa shape index (κ1) is 42.9. The first-order valence-electron chi connectivity index (χ1n) is 19.9. The van der Waals surface area contributed by atoms with Crippen LogP contribution in [-0.2, 0) is 34.1 Å². The predicted molar refractivity (Wildman–Crippen MR) is 222 cm³/mol. The van der Waals surface area contributed by atoms with Crippen molar-refractivity contribution in [3.63, 3.8) is 0 Å². The molecule has 3 aliphatic heterocycles. The number of rotatable bonds is 11. The quantitative estimate of drug-likeness (QED) is 0.108. The molecular formula is C46H45N5O11. The number of primary amides is 1. The van der Waals surface area contributed by atoms with Gasteiger partial charge in [0.05, 0.1) is 38.0 Å². The Balaban J connectivity index is 1.55. The van der Waals surface area contributed by atoms with Crippen molar-refractivity contribution in [2.24, 2.45) is 17.6 Å². The van der Waals surface area contributed by atoms with Crippen molar-refractivity contribution < 1.29 is 53.2 Å². The number of carbonyl (C=O) groups is 6. The van der Waals surface area contributed by atoms with Gasteiger partial charge in [0.1, 0.15) is 41.9 Å². The smallest absolute Gasteiger partial charge is 0.329 e. The number of nitrogens with zero attached hydrogens (tertiary/aromatic N) is 2. The molecule has 62 heavy (non-hydrogen) atoms. The van der Waals surface area contributed by atoms with Gasteiger partial charge < -0.3 is 40.8 Å². The van der Waals surface area contributed by atoms with Gasteiger partial charge in [0.2, 0.25) is 5.91 Å². The number of ether oxygens (including phenoxy) is 3. The number of carboxylic acids is 1. The number of morpholine rings is 1. The molecule has 16 nitrogen and oxygen atoms in total. The number of fused-ring (bicyclic) bond motifs is 3. The number of carboxylic acid groups (broad SMARTS) is 1. The van der Waals surface area contributed by atoms with E-state index < -0.39 is 83.4 Å². The van der Waals surface area contributed by atoms with Gasteiger partial charge in [-0.25, -0.2) is 19.3 Å². The highest BCUT2D eigenvalue weighted by molar-refractivity contribution is 6.24. The first-order chi connectivity index (χ1) is 29.8. The minimum absolute atomic E-state index is 0.0197. The van der Waals surface area contributed by atoms with Crippen LogP contribution < -0.4 is 26.0 Å². The number of carbonyl (C=O) groups excluding carboxylic acids is 5. The van der Waals surface area contributed by atoms with Crippen LogP contribution in [0.3, 0.4) is 0 Å². The number of esters is 2. The summed E-state index contributed by atoms with van der Waals surface area (Å²) in [6.45, 7) is 2.81. The van der Waals surface area contributed by atoms with Gasteiger partial charge in [-0.2, -0.15) is 0 Å². The van der Waals surface area contributed by atoms with Crippen molar-refractivity contribution in [2.45, 2.75) is 49.5 Å². The van der Waals surface area contributed by atoms with Crippen molar-refractivity contribution in [1.82, 2.24) is 15.5 Å². The van der Waals surface area contributed by atoms with Crippen molar-refractivity contribution in [3.05, 3.63) is 131 Å². The molecule has 3 heterocycles. The standard InChI is InChI=1S/C46H45N5O11/c1-26(2)35(41(55)60-3)49-45(59)50-33-20-19-27(12-11-21-48-44(47)58)24-32(33)46(43(50)57)34(40(53)54)37-42(56)62-38(29-15-8-5-9-16-29)36(28-13-6-4-7-14-28)51(37)39(46)30-17-10-18-31(25-30)61-23-22-52/h4-10,13-20,24-26,34-39,52H,21-23H2,1-3H3,(H,49,59)(H,53,54)(H3,47,48,58)/t34-,35+,36-,37-,38+,39+,46-/m1/s1. The van der Waals surface area contributed by atoms with E-state index in [1.807, 2.05) is 24.3 Å². The van der Waals surface area contributed by atoms with Crippen molar-refractivity contribution in [3.8, 4) is 17.6 Å². The lowest BCUT2D eigenvalue weighted by Gasteiger charge is -2.46. The Kier molecular flexibility index (Phi) is 12.3. The highest BCUT2D eigenvalue weighted by atomic mass is 16.6. The summed E-state index contributed by atoms with van der Waals surface area (Å²) in [5.74, 6) is -0.634. The van der Waals surface area contributed by atoms with Gasteiger partial charge in [0.25, 0.3) is 0 Å². The molecule has 7 rings (SSSR count). The molecule has 3 aliphatic rings. The number of nitrogens with two attached hydrogens (primary N) is 1. The maximum atomic E-state index is 16.0. The van der Waals surface area contributed by atoms with Gasteiger partial charge in [0, 0.05) is 5.56 Å². The molecule has 5 amide bonds. The zero-order valence-corrected chi connectivity index (χ0v) is 34.0. The summed E-state index contributed by atoms with van der Waals surface area (Å²) in [5, 5.41) is 26.2. The number of amides is 5. The van der Waals surface area contributed by atoms with E-state index in [0.29, 0.717) is 16.7 Å². The van der Waals surface area contributed by atoms with E-state index in [1.165, 1.54) is 18.2 Å². The Morgan fingerprint density at radius 1 is 0.903 bits per heavy atom. The molecule has 0 bridgehead atoms. The molecule has 4 aromatic carbocycles. The Morgan fingerprint density at radius 3 is 2.21 bits per heavy atom. The Labute approximate surface area is 356 Å². The van der Waals surface area contributed by atoms with E-state index >= 15 is 4.79 Å². The summed E-state index contributed by atoms with van der Waals surface area (Å²) < 4.78 is 17.1. The first-order valence-corrected chi connectivity index (χ1v) is 19.9. The predicted octanol–water partition coefficient (Wildman–Crippen LogP) is 3.73. The van der Waals surface area contributed by atoms with E-state index in [4.69, 9.17) is 19.9 Å². The van der Waals surface area contributed by atoms with Crippen LogP contribution in [0.1, 0.15) is 59.9 Å².